The highest BCUT2D eigenvalue weighted by molar-refractivity contribution is 5.83. The highest BCUT2D eigenvalue weighted by Gasteiger charge is 2.39. The van der Waals surface area contributed by atoms with Crippen LogP contribution in [0.2, 0.25) is 0 Å². The van der Waals surface area contributed by atoms with E-state index in [4.69, 9.17) is 10.5 Å². The van der Waals surface area contributed by atoms with E-state index >= 15 is 0 Å². The quantitative estimate of drug-likeness (QED) is 0.763. The predicted octanol–water partition coefficient (Wildman–Crippen LogP) is 0.999. The van der Waals surface area contributed by atoms with Crippen LogP contribution in [-0.4, -0.2) is 43.7 Å². The summed E-state index contributed by atoms with van der Waals surface area (Å²) in [7, 11) is 1.70. The summed E-state index contributed by atoms with van der Waals surface area (Å²) in [4.78, 5) is 14.3. The minimum atomic E-state index is -0.359. The van der Waals surface area contributed by atoms with Crippen molar-refractivity contribution in [3.8, 4) is 0 Å². The Morgan fingerprint density at radius 1 is 1.50 bits per heavy atom. The van der Waals surface area contributed by atoms with Crippen molar-refractivity contribution >= 4 is 5.91 Å². The lowest BCUT2D eigenvalue weighted by Gasteiger charge is -2.33. The number of nitrogens with two attached hydrogens (primary N) is 1. The van der Waals surface area contributed by atoms with Gasteiger partial charge in [-0.05, 0) is 19.3 Å². The number of rotatable bonds is 5. The van der Waals surface area contributed by atoms with Crippen LogP contribution in [0.5, 0.6) is 0 Å². The molecule has 0 aromatic carbocycles. The fourth-order valence-electron chi connectivity index (χ4n) is 2.37. The number of ether oxygens (including phenoxy) is 1. The first-order valence-corrected chi connectivity index (χ1v) is 6.15. The second-order valence-electron chi connectivity index (χ2n) is 4.59. The summed E-state index contributed by atoms with van der Waals surface area (Å²) >= 11 is 0. The summed E-state index contributed by atoms with van der Waals surface area (Å²) in [6.07, 6.45) is 2.77. The number of methoxy groups -OCH3 is 1. The molecule has 16 heavy (non-hydrogen) atoms. The molecular formula is C12H24N2O2. The first kappa shape index (κ1) is 13.5. The van der Waals surface area contributed by atoms with Crippen molar-refractivity contribution in [2.24, 2.45) is 11.1 Å². The molecule has 0 aliphatic carbocycles. The number of likely N-dealkylation sites (tertiary alicyclic amines) is 1. The summed E-state index contributed by atoms with van der Waals surface area (Å²) in [5.74, 6) is 0.208. The van der Waals surface area contributed by atoms with Crippen molar-refractivity contribution in [2.45, 2.75) is 39.2 Å². The molecule has 4 heteroatoms. The summed E-state index contributed by atoms with van der Waals surface area (Å²) in [6.45, 7) is 6.04. The second kappa shape index (κ2) is 5.64. The highest BCUT2D eigenvalue weighted by atomic mass is 16.5. The third-order valence-corrected chi connectivity index (χ3v) is 3.96. The number of amides is 1. The molecule has 0 spiro atoms. The largest absolute Gasteiger partial charge is 0.380 e. The number of carbonyl (C=O) groups excluding carboxylic acids is 1. The van der Waals surface area contributed by atoms with Gasteiger partial charge in [-0.25, -0.2) is 0 Å². The van der Waals surface area contributed by atoms with Crippen LogP contribution in [0.1, 0.15) is 33.1 Å². The number of hydrogen-bond donors (Lipinski definition) is 1. The third kappa shape index (κ3) is 2.38. The highest BCUT2D eigenvalue weighted by Crippen LogP contribution is 2.29. The topological polar surface area (TPSA) is 55.6 Å². The SMILES string of the molecule is CCC(CC)(CN)C(=O)N1CC[C@@H](OC)C1. The normalized spacial score (nSPS) is 21.5. The summed E-state index contributed by atoms with van der Waals surface area (Å²) in [6, 6.07) is 0. The third-order valence-electron chi connectivity index (χ3n) is 3.96. The van der Waals surface area contributed by atoms with Crippen LogP contribution in [0.15, 0.2) is 0 Å². The maximum Gasteiger partial charge on any atom is 0.230 e. The minimum absolute atomic E-state index is 0.202. The Bertz CT molecular complexity index is 231. The first-order valence-electron chi connectivity index (χ1n) is 6.15. The maximum absolute atomic E-state index is 12.4. The zero-order valence-electron chi connectivity index (χ0n) is 10.7. The van der Waals surface area contributed by atoms with Gasteiger partial charge in [-0.1, -0.05) is 13.8 Å². The lowest BCUT2D eigenvalue weighted by atomic mass is 9.81. The Hall–Kier alpha value is -0.610. The summed E-state index contributed by atoms with van der Waals surface area (Å²) in [5.41, 5.74) is 5.43. The smallest absolute Gasteiger partial charge is 0.230 e. The molecule has 0 aromatic heterocycles. The van der Waals surface area contributed by atoms with Crippen LogP contribution in [0.25, 0.3) is 0 Å². The molecule has 1 amide bonds. The first-order chi connectivity index (χ1) is 7.63. The molecule has 1 heterocycles. The fraction of sp³-hybridized carbons (Fsp3) is 0.917. The van der Waals surface area contributed by atoms with Crippen molar-refractivity contribution in [3.63, 3.8) is 0 Å². The van der Waals surface area contributed by atoms with Gasteiger partial charge >= 0.3 is 0 Å². The van der Waals surface area contributed by atoms with Crippen molar-refractivity contribution < 1.29 is 9.53 Å². The van der Waals surface area contributed by atoms with E-state index in [9.17, 15) is 4.79 Å². The second-order valence-corrected chi connectivity index (χ2v) is 4.59. The van der Waals surface area contributed by atoms with Crippen LogP contribution in [0.3, 0.4) is 0 Å². The average molecular weight is 228 g/mol. The molecule has 94 valence electrons. The molecule has 0 radical (unpaired) electrons. The van der Waals surface area contributed by atoms with E-state index in [1.165, 1.54) is 0 Å². The van der Waals surface area contributed by atoms with E-state index in [2.05, 4.69) is 0 Å². The molecule has 1 fully saturated rings. The summed E-state index contributed by atoms with van der Waals surface area (Å²) in [5, 5.41) is 0. The molecule has 0 saturated carbocycles. The Labute approximate surface area is 98.1 Å². The van der Waals surface area contributed by atoms with E-state index in [1.807, 2.05) is 18.7 Å². The van der Waals surface area contributed by atoms with Crippen LogP contribution in [0.4, 0.5) is 0 Å². The van der Waals surface area contributed by atoms with Gasteiger partial charge in [0.1, 0.15) is 0 Å². The van der Waals surface area contributed by atoms with E-state index in [0.717, 1.165) is 32.4 Å². The standard InChI is InChI=1S/C12H24N2O2/c1-4-12(5-2,9-13)11(15)14-7-6-10(8-14)16-3/h10H,4-9,13H2,1-3H3/t10-/m1/s1. The van der Waals surface area contributed by atoms with Gasteiger partial charge in [0, 0.05) is 26.7 Å². The van der Waals surface area contributed by atoms with Crippen molar-refractivity contribution in [1.82, 2.24) is 4.90 Å². The molecule has 1 atom stereocenters. The number of hydrogen-bond acceptors (Lipinski definition) is 3. The Kier molecular flexibility index (Phi) is 4.74. The molecule has 1 aliphatic rings. The zero-order chi connectivity index (χ0) is 12.2. The van der Waals surface area contributed by atoms with Gasteiger partial charge in [0.15, 0.2) is 0 Å². The minimum Gasteiger partial charge on any atom is -0.380 e. The van der Waals surface area contributed by atoms with Crippen molar-refractivity contribution in [1.29, 1.82) is 0 Å². The maximum atomic E-state index is 12.4. The van der Waals surface area contributed by atoms with Gasteiger partial charge in [-0.3, -0.25) is 4.79 Å². The van der Waals surface area contributed by atoms with E-state index in [-0.39, 0.29) is 17.4 Å². The van der Waals surface area contributed by atoms with E-state index < -0.39 is 0 Å². The van der Waals surface area contributed by atoms with Gasteiger partial charge in [0.2, 0.25) is 5.91 Å². The van der Waals surface area contributed by atoms with Crippen LogP contribution in [-0.2, 0) is 9.53 Å². The molecule has 0 unspecified atom stereocenters. The van der Waals surface area contributed by atoms with E-state index in [0.29, 0.717) is 6.54 Å². The Morgan fingerprint density at radius 3 is 2.50 bits per heavy atom. The molecule has 4 nitrogen and oxygen atoms in total. The lowest BCUT2D eigenvalue weighted by Crippen LogP contribution is -2.47. The van der Waals surface area contributed by atoms with Crippen molar-refractivity contribution in [2.75, 3.05) is 26.7 Å². The van der Waals surface area contributed by atoms with Crippen LogP contribution >= 0.6 is 0 Å². The van der Waals surface area contributed by atoms with Crippen molar-refractivity contribution in [3.05, 3.63) is 0 Å². The van der Waals surface area contributed by atoms with Gasteiger partial charge in [-0.15, -0.1) is 0 Å². The zero-order valence-corrected chi connectivity index (χ0v) is 10.7. The molecular weight excluding hydrogens is 204 g/mol. The molecule has 0 bridgehead atoms. The predicted molar refractivity (Wildman–Crippen MR) is 64.1 cm³/mol. The van der Waals surface area contributed by atoms with E-state index in [1.54, 1.807) is 7.11 Å². The molecule has 1 aliphatic heterocycles. The molecule has 1 saturated heterocycles. The van der Waals surface area contributed by atoms with Crippen LogP contribution in [0, 0.1) is 5.41 Å². The monoisotopic (exact) mass is 228 g/mol. The Balaban J connectivity index is 2.69. The molecule has 1 rings (SSSR count). The van der Waals surface area contributed by atoms with Gasteiger partial charge < -0.3 is 15.4 Å². The van der Waals surface area contributed by atoms with Gasteiger partial charge in [0.05, 0.1) is 11.5 Å². The summed E-state index contributed by atoms with van der Waals surface area (Å²) < 4.78 is 5.28. The molecule has 0 aromatic rings. The van der Waals surface area contributed by atoms with Gasteiger partial charge in [-0.2, -0.15) is 0 Å². The molecule has 2 N–H and O–H groups in total. The fourth-order valence-corrected chi connectivity index (χ4v) is 2.37. The lowest BCUT2D eigenvalue weighted by molar-refractivity contribution is -0.141. The number of carbonyl (C=O) groups is 1. The van der Waals surface area contributed by atoms with Crippen LogP contribution < -0.4 is 5.73 Å². The number of nitrogens with zero attached hydrogens (tertiary/aromatic N) is 1. The van der Waals surface area contributed by atoms with Gasteiger partial charge in [0.25, 0.3) is 0 Å². The Morgan fingerprint density at radius 2 is 2.12 bits per heavy atom. The average Bonchev–Trinajstić information content (AvgIpc) is 2.80.